The number of alkyl halides is 5. The van der Waals surface area contributed by atoms with Crippen LogP contribution in [0.1, 0.15) is 42.4 Å². The lowest BCUT2D eigenvalue weighted by molar-refractivity contribution is -0.137. The van der Waals surface area contributed by atoms with Crippen LogP contribution in [0.2, 0.25) is 0 Å². The Morgan fingerprint density at radius 3 is 2.28 bits per heavy atom. The lowest BCUT2D eigenvalue weighted by atomic mass is 9.83. The smallest absolute Gasteiger partial charge is 0.416 e. The molecule has 170 valence electrons. The highest BCUT2D eigenvalue weighted by Gasteiger charge is 2.32. The zero-order chi connectivity index (χ0) is 23.3. The van der Waals surface area contributed by atoms with E-state index in [1.165, 1.54) is 12.1 Å². The van der Waals surface area contributed by atoms with Gasteiger partial charge in [0.05, 0.1) is 17.2 Å². The van der Waals surface area contributed by atoms with E-state index in [4.69, 9.17) is 10.00 Å². The Morgan fingerprint density at radius 2 is 1.72 bits per heavy atom. The predicted molar refractivity (Wildman–Crippen MR) is 104 cm³/mol. The third-order valence-electron chi connectivity index (χ3n) is 5.38. The molecule has 1 fully saturated rings. The fourth-order valence-corrected chi connectivity index (χ4v) is 3.71. The number of ketones is 1. The molecule has 1 aliphatic rings. The van der Waals surface area contributed by atoms with Crippen molar-refractivity contribution in [2.75, 3.05) is 0 Å². The molecule has 0 spiro atoms. The maximum absolute atomic E-state index is 13.0. The Balaban J connectivity index is 1.55. The Hall–Kier alpha value is -3.15. The van der Waals surface area contributed by atoms with E-state index >= 15 is 0 Å². The number of nitrogens with zero attached hydrogens (tertiary/aromatic N) is 1. The Morgan fingerprint density at radius 1 is 1.06 bits per heavy atom. The van der Waals surface area contributed by atoms with Gasteiger partial charge in [-0.2, -0.15) is 27.2 Å². The minimum Gasteiger partial charge on any atom is -0.489 e. The number of Topliss-reactive ketones (excluding diaryl/α,β-unsaturated/α-hetero) is 1. The van der Waals surface area contributed by atoms with E-state index in [1.54, 1.807) is 12.1 Å². The molecule has 0 bridgehead atoms. The van der Waals surface area contributed by atoms with Crippen LogP contribution in [0.25, 0.3) is 0 Å². The highest BCUT2D eigenvalue weighted by molar-refractivity contribution is 5.83. The number of nitriles is 1. The average Bonchev–Trinajstić information content (AvgIpc) is 2.74. The third-order valence-corrected chi connectivity index (χ3v) is 5.38. The zero-order valence-corrected chi connectivity index (χ0v) is 16.9. The van der Waals surface area contributed by atoms with Gasteiger partial charge < -0.3 is 9.47 Å². The molecule has 32 heavy (non-hydrogen) atoms. The molecular weight excluding hydrogens is 433 g/mol. The summed E-state index contributed by atoms with van der Waals surface area (Å²) in [6.07, 6.45) is -2.82. The first-order chi connectivity index (χ1) is 15.2. The number of carbonyl (C=O) groups excluding carboxylic acids is 1. The third kappa shape index (κ3) is 6.19. The zero-order valence-electron chi connectivity index (χ0n) is 16.9. The van der Waals surface area contributed by atoms with E-state index in [1.807, 2.05) is 6.07 Å². The number of hydrogen-bond donors (Lipinski definition) is 0. The van der Waals surface area contributed by atoms with E-state index < -0.39 is 18.4 Å². The standard InChI is InChI=1S/C23H20F5NO3/c24-22(25)32-19-7-1-14(2-8-19)11-20(30)15-4-9-18(10-5-15)31-21-12-17(23(26,27)28)6-3-16(21)13-29/h1-3,6-8,12,15,18,22H,4-5,9-11H2. The van der Waals surface area contributed by atoms with Crippen LogP contribution in [0.15, 0.2) is 42.5 Å². The summed E-state index contributed by atoms with van der Waals surface area (Å²) in [6, 6.07) is 10.5. The van der Waals surface area contributed by atoms with Crippen LogP contribution in [0.5, 0.6) is 11.5 Å². The maximum atomic E-state index is 13.0. The van der Waals surface area contributed by atoms with Gasteiger partial charge in [-0.3, -0.25) is 4.79 Å². The fourth-order valence-electron chi connectivity index (χ4n) is 3.71. The van der Waals surface area contributed by atoms with Crippen LogP contribution in [0.3, 0.4) is 0 Å². The van der Waals surface area contributed by atoms with Gasteiger partial charge in [0, 0.05) is 12.3 Å². The molecule has 0 heterocycles. The van der Waals surface area contributed by atoms with Gasteiger partial charge in [-0.05, 0) is 61.6 Å². The molecule has 1 aliphatic carbocycles. The normalized spacial score (nSPS) is 18.8. The summed E-state index contributed by atoms with van der Waals surface area (Å²) in [5.74, 6) is -0.310. The van der Waals surface area contributed by atoms with Crippen molar-refractivity contribution in [2.24, 2.45) is 5.92 Å². The lowest BCUT2D eigenvalue weighted by Gasteiger charge is -2.28. The molecule has 0 unspecified atom stereocenters. The van der Waals surface area contributed by atoms with Crippen molar-refractivity contribution < 1.29 is 36.2 Å². The van der Waals surface area contributed by atoms with Crippen LogP contribution >= 0.6 is 0 Å². The van der Waals surface area contributed by atoms with E-state index in [9.17, 15) is 26.7 Å². The summed E-state index contributed by atoms with van der Waals surface area (Å²) < 4.78 is 73.3. The molecule has 9 heteroatoms. The van der Waals surface area contributed by atoms with Crippen LogP contribution in [0.4, 0.5) is 22.0 Å². The van der Waals surface area contributed by atoms with Gasteiger partial charge in [0.1, 0.15) is 23.4 Å². The Kier molecular flexibility index (Phi) is 7.33. The van der Waals surface area contributed by atoms with Crippen molar-refractivity contribution in [1.82, 2.24) is 0 Å². The SMILES string of the molecule is N#Cc1ccc(C(F)(F)F)cc1OC1CCC(C(=O)Cc2ccc(OC(F)F)cc2)CC1. The van der Waals surface area contributed by atoms with Gasteiger partial charge in [-0.1, -0.05) is 12.1 Å². The number of ether oxygens (including phenoxy) is 2. The predicted octanol–water partition coefficient (Wildman–Crippen LogP) is 5.93. The molecule has 0 amide bonds. The molecule has 2 aromatic rings. The lowest BCUT2D eigenvalue weighted by Crippen LogP contribution is -2.29. The van der Waals surface area contributed by atoms with E-state index in [0.717, 1.165) is 18.2 Å². The number of rotatable bonds is 7. The molecule has 1 saturated carbocycles. The first kappa shape index (κ1) is 23.5. The number of carbonyl (C=O) groups is 1. The summed E-state index contributed by atoms with van der Waals surface area (Å²) in [5.41, 5.74) is -0.187. The average molecular weight is 453 g/mol. The summed E-state index contributed by atoms with van der Waals surface area (Å²) >= 11 is 0. The van der Waals surface area contributed by atoms with E-state index in [-0.39, 0.29) is 41.3 Å². The highest BCUT2D eigenvalue weighted by atomic mass is 19.4. The first-order valence-corrected chi connectivity index (χ1v) is 10.00. The summed E-state index contributed by atoms with van der Waals surface area (Å²) in [5, 5.41) is 9.16. The van der Waals surface area contributed by atoms with Gasteiger partial charge in [0.2, 0.25) is 0 Å². The number of benzene rings is 2. The van der Waals surface area contributed by atoms with Crippen molar-refractivity contribution in [2.45, 2.75) is 51.0 Å². The van der Waals surface area contributed by atoms with Gasteiger partial charge >= 0.3 is 12.8 Å². The van der Waals surface area contributed by atoms with Crippen molar-refractivity contribution >= 4 is 5.78 Å². The Bertz CT molecular complexity index is 975. The van der Waals surface area contributed by atoms with Crippen LogP contribution in [-0.4, -0.2) is 18.5 Å². The monoisotopic (exact) mass is 453 g/mol. The number of hydrogen-bond acceptors (Lipinski definition) is 4. The molecule has 0 aliphatic heterocycles. The van der Waals surface area contributed by atoms with E-state index in [0.29, 0.717) is 31.2 Å². The summed E-state index contributed by atoms with van der Waals surface area (Å²) in [6.45, 7) is -2.92. The topological polar surface area (TPSA) is 59.3 Å². The van der Waals surface area contributed by atoms with Gasteiger partial charge in [-0.15, -0.1) is 0 Å². The minimum absolute atomic E-state index is 0.00256. The Labute approximate surface area is 181 Å². The molecular formula is C23H20F5NO3. The molecule has 3 rings (SSSR count). The van der Waals surface area contributed by atoms with Gasteiger partial charge in [-0.25, -0.2) is 0 Å². The molecule has 0 N–H and O–H groups in total. The second kappa shape index (κ2) is 9.98. The molecule has 4 nitrogen and oxygen atoms in total. The van der Waals surface area contributed by atoms with Crippen LogP contribution < -0.4 is 9.47 Å². The summed E-state index contributed by atoms with van der Waals surface area (Å²) in [4.78, 5) is 12.6. The second-order valence-electron chi connectivity index (χ2n) is 7.58. The molecule has 0 radical (unpaired) electrons. The van der Waals surface area contributed by atoms with Crippen molar-refractivity contribution in [1.29, 1.82) is 5.26 Å². The maximum Gasteiger partial charge on any atom is 0.416 e. The van der Waals surface area contributed by atoms with Crippen LogP contribution in [0, 0.1) is 17.2 Å². The van der Waals surface area contributed by atoms with Gasteiger partial charge in [0.15, 0.2) is 0 Å². The van der Waals surface area contributed by atoms with Crippen LogP contribution in [-0.2, 0) is 17.4 Å². The van der Waals surface area contributed by atoms with Crippen molar-refractivity contribution in [3.63, 3.8) is 0 Å². The largest absolute Gasteiger partial charge is 0.489 e. The molecule has 2 aromatic carbocycles. The van der Waals surface area contributed by atoms with Gasteiger partial charge in [0.25, 0.3) is 0 Å². The van der Waals surface area contributed by atoms with Crippen molar-refractivity contribution in [3.05, 3.63) is 59.2 Å². The first-order valence-electron chi connectivity index (χ1n) is 10.00. The summed E-state index contributed by atoms with van der Waals surface area (Å²) in [7, 11) is 0. The molecule has 0 aromatic heterocycles. The molecule has 0 atom stereocenters. The fraction of sp³-hybridized carbons (Fsp3) is 0.391. The highest BCUT2D eigenvalue weighted by Crippen LogP contribution is 2.35. The minimum atomic E-state index is -4.54. The quantitative estimate of drug-likeness (QED) is 0.488. The molecule has 0 saturated heterocycles. The second-order valence-corrected chi connectivity index (χ2v) is 7.58. The van der Waals surface area contributed by atoms with E-state index in [2.05, 4.69) is 4.74 Å². The number of halogens is 5. The van der Waals surface area contributed by atoms with Crippen molar-refractivity contribution in [3.8, 4) is 17.6 Å².